The molecular formula is C11H11F2N3O. The predicted molar refractivity (Wildman–Crippen MR) is 59.7 cm³/mol. The molecule has 0 atom stereocenters. The van der Waals surface area contributed by atoms with Gasteiger partial charge in [-0.15, -0.1) is 0 Å². The zero-order valence-electron chi connectivity index (χ0n) is 9.10. The second kappa shape index (κ2) is 4.82. The Balaban J connectivity index is 2.26. The fourth-order valence-corrected chi connectivity index (χ4v) is 1.40. The second-order valence-corrected chi connectivity index (χ2v) is 3.30. The fourth-order valence-electron chi connectivity index (χ4n) is 1.40. The maximum atomic E-state index is 12.1. The van der Waals surface area contributed by atoms with Crippen molar-refractivity contribution >= 4 is 5.69 Å². The standard InChI is InChI=1S/C11H11F2N3O/c1-14-8-6-15-16(7-8)9-3-2-4-10(5-9)17-11(12)13/h2-7,11,14H,1H3. The van der Waals surface area contributed by atoms with Crippen LogP contribution in [0.2, 0.25) is 0 Å². The van der Waals surface area contributed by atoms with Crippen LogP contribution < -0.4 is 10.1 Å². The molecule has 0 saturated carbocycles. The summed E-state index contributed by atoms with van der Waals surface area (Å²) in [4.78, 5) is 0. The molecule has 90 valence electrons. The van der Waals surface area contributed by atoms with Gasteiger partial charge in [0.1, 0.15) is 5.75 Å². The number of alkyl halides is 2. The van der Waals surface area contributed by atoms with E-state index in [9.17, 15) is 8.78 Å². The van der Waals surface area contributed by atoms with E-state index < -0.39 is 6.61 Å². The highest BCUT2D eigenvalue weighted by Gasteiger charge is 2.06. The van der Waals surface area contributed by atoms with Gasteiger partial charge in [-0.1, -0.05) is 6.07 Å². The molecule has 2 aromatic rings. The highest BCUT2D eigenvalue weighted by atomic mass is 19.3. The third-order valence-corrected chi connectivity index (χ3v) is 2.18. The lowest BCUT2D eigenvalue weighted by atomic mass is 10.3. The molecule has 0 amide bonds. The van der Waals surface area contributed by atoms with E-state index in [4.69, 9.17) is 0 Å². The van der Waals surface area contributed by atoms with Crippen LogP contribution in [0.15, 0.2) is 36.7 Å². The lowest BCUT2D eigenvalue weighted by Crippen LogP contribution is -2.02. The molecule has 1 heterocycles. The maximum Gasteiger partial charge on any atom is 0.387 e. The van der Waals surface area contributed by atoms with E-state index in [1.54, 1.807) is 36.3 Å². The first kappa shape index (κ1) is 11.4. The minimum atomic E-state index is -2.82. The van der Waals surface area contributed by atoms with E-state index >= 15 is 0 Å². The number of nitrogens with one attached hydrogen (secondary N) is 1. The van der Waals surface area contributed by atoms with Gasteiger partial charge in [0.2, 0.25) is 0 Å². The molecule has 0 saturated heterocycles. The number of nitrogens with zero attached hydrogens (tertiary/aromatic N) is 2. The van der Waals surface area contributed by atoms with Crippen LogP contribution in [0.4, 0.5) is 14.5 Å². The van der Waals surface area contributed by atoms with Crippen LogP contribution in [-0.4, -0.2) is 23.4 Å². The van der Waals surface area contributed by atoms with Crippen LogP contribution in [0.25, 0.3) is 5.69 Å². The molecule has 4 nitrogen and oxygen atoms in total. The molecule has 0 bridgehead atoms. The van der Waals surface area contributed by atoms with E-state index in [0.717, 1.165) is 5.69 Å². The number of rotatable bonds is 4. The summed E-state index contributed by atoms with van der Waals surface area (Å²) in [6.45, 7) is -2.82. The number of halogens is 2. The summed E-state index contributed by atoms with van der Waals surface area (Å²) in [5.74, 6) is 0.110. The van der Waals surface area contributed by atoms with Gasteiger partial charge in [-0.05, 0) is 12.1 Å². The summed E-state index contributed by atoms with van der Waals surface area (Å²) < 4.78 is 30.0. The number of anilines is 1. The number of ether oxygens (including phenoxy) is 1. The molecule has 0 spiro atoms. The Morgan fingerprint density at radius 1 is 1.41 bits per heavy atom. The molecule has 0 aliphatic heterocycles. The minimum absolute atomic E-state index is 0.110. The highest BCUT2D eigenvalue weighted by Crippen LogP contribution is 2.19. The van der Waals surface area contributed by atoms with Crippen LogP contribution in [0.1, 0.15) is 0 Å². The van der Waals surface area contributed by atoms with Gasteiger partial charge in [-0.2, -0.15) is 13.9 Å². The Bertz CT molecular complexity index is 499. The summed E-state index contributed by atoms with van der Waals surface area (Å²) in [7, 11) is 1.78. The number of hydrogen-bond donors (Lipinski definition) is 1. The van der Waals surface area contributed by atoms with E-state index in [-0.39, 0.29) is 5.75 Å². The zero-order valence-corrected chi connectivity index (χ0v) is 9.10. The van der Waals surface area contributed by atoms with Crippen molar-refractivity contribution in [1.29, 1.82) is 0 Å². The van der Waals surface area contributed by atoms with Gasteiger partial charge in [-0.25, -0.2) is 4.68 Å². The molecule has 0 radical (unpaired) electrons. The van der Waals surface area contributed by atoms with Gasteiger partial charge in [0, 0.05) is 13.1 Å². The van der Waals surface area contributed by atoms with Gasteiger partial charge >= 0.3 is 6.61 Å². The normalized spacial score (nSPS) is 10.6. The van der Waals surface area contributed by atoms with Crippen LogP contribution in [-0.2, 0) is 0 Å². The van der Waals surface area contributed by atoms with Gasteiger partial charge < -0.3 is 10.1 Å². The largest absolute Gasteiger partial charge is 0.435 e. The summed E-state index contributed by atoms with van der Waals surface area (Å²) in [5, 5.41) is 7.02. The minimum Gasteiger partial charge on any atom is -0.435 e. The zero-order chi connectivity index (χ0) is 12.3. The summed E-state index contributed by atoms with van der Waals surface area (Å²) in [6.07, 6.45) is 3.39. The fraction of sp³-hybridized carbons (Fsp3) is 0.182. The second-order valence-electron chi connectivity index (χ2n) is 3.30. The number of hydrogen-bond acceptors (Lipinski definition) is 3. The van der Waals surface area contributed by atoms with E-state index in [2.05, 4.69) is 15.2 Å². The third kappa shape index (κ3) is 2.72. The average molecular weight is 239 g/mol. The Morgan fingerprint density at radius 2 is 2.24 bits per heavy atom. The first-order chi connectivity index (χ1) is 8.19. The van der Waals surface area contributed by atoms with Crippen molar-refractivity contribution in [3.8, 4) is 11.4 Å². The van der Waals surface area contributed by atoms with Crippen molar-refractivity contribution < 1.29 is 13.5 Å². The molecule has 1 aromatic carbocycles. The Morgan fingerprint density at radius 3 is 2.88 bits per heavy atom. The summed E-state index contributed by atoms with van der Waals surface area (Å²) in [6, 6.07) is 6.36. The molecule has 0 aliphatic rings. The molecule has 2 rings (SSSR count). The first-order valence-corrected chi connectivity index (χ1v) is 4.96. The summed E-state index contributed by atoms with van der Waals surface area (Å²) >= 11 is 0. The van der Waals surface area contributed by atoms with Gasteiger partial charge in [-0.3, -0.25) is 0 Å². The Labute approximate surface area is 96.8 Å². The van der Waals surface area contributed by atoms with Crippen molar-refractivity contribution in [1.82, 2.24) is 9.78 Å². The lowest BCUT2D eigenvalue weighted by Gasteiger charge is -2.06. The Hall–Kier alpha value is -2.11. The lowest BCUT2D eigenvalue weighted by molar-refractivity contribution is -0.0498. The first-order valence-electron chi connectivity index (χ1n) is 4.96. The van der Waals surface area contributed by atoms with Gasteiger partial charge in [0.05, 0.1) is 23.8 Å². The van der Waals surface area contributed by atoms with Crippen LogP contribution >= 0.6 is 0 Å². The molecular weight excluding hydrogens is 228 g/mol. The van der Waals surface area contributed by atoms with Crippen LogP contribution in [0, 0.1) is 0 Å². The molecule has 0 fully saturated rings. The molecule has 0 unspecified atom stereocenters. The molecule has 17 heavy (non-hydrogen) atoms. The quantitative estimate of drug-likeness (QED) is 0.891. The Kier molecular flexibility index (Phi) is 3.22. The third-order valence-electron chi connectivity index (χ3n) is 2.18. The van der Waals surface area contributed by atoms with Gasteiger partial charge in [0.25, 0.3) is 0 Å². The highest BCUT2D eigenvalue weighted by molar-refractivity contribution is 5.44. The smallest absolute Gasteiger partial charge is 0.387 e. The SMILES string of the molecule is CNc1cnn(-c2cccc(OC(F)F)c2)c1. The van der Waals surface area contributed by atoms with Crippen molar-refractivity contribution in [3.63, 3.8) is 0 Å². The van der Waals surface area contributed by atoms with Crippen LogP contribution in [0.3, 0.4) is 0 Å². The topological polar surface area (TPSA) is 39.1 Å². The van der Waals surface area contributed by atoms with Crippen molar-refractivity contribution in [3.05, 3.63) is 36.7 Å². The van der Waals surface area contributed by atoms with Crippen molar-refractivity contribution in [2.75, 3.05) is 12.4 Å². The maximum absolute atomic E-state index is 12.1. The summed E-state index contributed by atoms with van der Waals surface area (Å²) in [5.41, 5.74) is 1.50. The van der Waals surface area contributed by atoms with Gasteiger partial charge in [0.15, 0.2) is 0 Å². The van der Waals surface area contributed by atoms with Crippen molar-refractivity contribution in [2.45, 2.75) is 6.61 Å². The molecule has 6 heteroatoms. The average Bonchev–Trinajstić information content (AvgIpc) is 2.77. The van der Waals surface area contributed by atoms with E-state index in [1.165, 1.54) is 12.1 Å². The molecule has 1 aromatic heterocycles. The molecule has 0 aliphatic carbocycles. The van der Waals surface area contributed by atoms with E-state index in [0.29, 0.717) is 5.69 Å². The number of benzene rings is 1. The van der Waals surface area contributed by atoms with Crippen molar-refractivity contribution in [2.24, 2.45) is 0 Å². The monoisotopic (exact) mass is 239 g/mol. The van der Waals surface area contributed by atoms with Crippen LogP contribution in [0.5, 0.6) is 5.75 Å². The molecule has 1 N–H and O–H groups in total. The predicted octanol–water partition coefficient (Wildman–Crippen LogP) is 2.52. The number of aromatic nitrogens is 2. The van der Waals surface area contributed by atoms with E-state index in [1.807, 2.05) is 0 Å².